The van der Waals surface area contributed by atoms with Gasteiger partial charge in [0.25, 0.3) is 0 Å². The van der Waals surface area contributed by atoms with Crippen LogP contribution in [0, 0.1) is 11.6 Å². The number of benzene rings is 2. The molecule has 2 aromatic rings. The molecule has 2 amide bonds. The van der Waals surface area contributed by atoms with Gasteiger partial charge in [0.05, 0.1) is 25.7 Å². The van der Waals surface area contributed by atoms with Crippen molar-refractivity contribution in [2.45, 2.75) is 43.6 Å². The highest BCUT2D eigenvalue weighted by Crippen LogP contribution is 2.47. The Balaban J connectivity index is 1.42. The zero-order valence-corrected chi connectivity index (χ0v) is 19.6. The topological polar surface area (TPSA) is 100 Å². The smallest absolute Gasteiger partial charge is 0.238 e. The summed E-state index contributed by atoms with van der Waals surface area (Å²) in [5.41, 5.74) is 1.57. The molecule has 8 nitrogen and oxygen atoms in total. The van der Waals surface area contributed by atoms with E-state index in [1.807, 2.05) is 20.2 Å². The van der Waals surface area contributed by atoms with Crippen LogP contribution in [0.3, 0.4) is 0 Å². The molecule has 0 bridgehead atoms. The minimum Gasteiger partial charge on any atom is -0.487 e. The molecule has 0 saturated carbocycles. The number of carbonyl (C=O) groups is 2. The summed E-state index contributed by atoms with van der Waals surface area (Å²) >= 11 is 0. The third-order valence-electron chi connectivity index (χ3n) is 6.14. The second-order valence-electron chi connectivity index (χ2n) is 9.16. The summed E-state index contributed by atoms with van der Waals surface area (Å²) in [6.07, 6.45) is -1.10. The third-order valence-corrected chi connectivity index (χ3v) is 6.14. The molecule has 35 heavy (non-hydrogen) atoms. The van der Waals surface area contributed by atoms with Gasteiger partial charge in [0.15, 0.2) is 0 Å². The van der Waals surface area contributed by atoms with Crippen molar-refractivity contribution in [3.63, 3.8) is 0 Å². The first-order chi connectivity index (χ1) is 16.7. The number of ether oxygens (including phenoxy) is 2. The number of amides is 2. The number of nitrogens with one attached hydrogen (secondary N) is 2. The molecule has 0 unspecified atom stereocenters. The van der Waals surface area contributed by atoms with Crippen LogP contribution in [-0.2, 0) is 20.9 Å². The van der Waals surface area contributed by atoms with Crippen molar-refractivity contribution in [2.75, 3.05) is 32.6 Å². The van der Waals surface area contributed by atoms with Gasteiger partial charge in [0.1, 0.15) is 29.6 Å². The van der Waals surface area contributed by atoms with E-state index >= 15 is 0 Å². The van der Waals surface area contributed by atoms with Crippen LogP contribution in [0.5, 0.6) is 5.75 Å². The number of fused-ring (bicyclic) bond motifs is 3. The molecule has 4 atom stereocenters. The maximum Gasteiger partial charge on any atom is 0.238 e. The Kier molecular flexibility index (Phi) is 7.63. The van der Waals surface area contributed by atoms with Gasteiger partial charge in [-0.05, 0) is 56.9 Å². The van der Waals surface area contributed by atoms with Crippen LogP contribution in [-0.4, -0.2) is 67.4 Å². The Hall–Kier alpha value is -3.08. The molecule has 0 radical (unpaired) electrons. The molecule has 0 spiro atoms. The summed E-state index contributed by atoms with van der Waals surface area (Å²) in [5, 5.41) is 15.4. The summed E-state index contributed by atoms with van der Waals surface area (Å²) in [5.74, 6) is -1.19. The molecule has 10 heteroatoms. The fraction of sp³-hybridized carbons (Fsp3) is 0.440. The first-order valence-electron chi connectivity index (χ1n) is 11.5. The van der Waals surface area contributed by atoms with E-state index in [1.165, 1.54) is 0 Å². The predicted molar refractivity (Wildman–Crippen MR) is 124 cm³/mol. The Bertz CT molecular complexity index is 1100. The zero-order chi connectivity index (χ0) is 25.1. The molecule has 3 N–H and O–H groups in total. The molecule has 2 heterocycles. The number of anilines is 1. The van der Waals surface area contributed by atoms with Crippen molar-refractivity contribution in [2.24, 2.45) is 0 Å². The molecule has 0 aromatic heterocycles. The molecule has 1 saturated heterocycles. The van der Waals surface area contributed by atoms with Crippen molar-refractivity contribution in [3.05, 3.63) is 59.2 Å². The summed E-state index contributed by atoms with van der Waals surface area (Å²) in [4.78, 5) is 26.4. The maximum atomic E-state index is 13.8. The lowest BCUT2D eigenvalue weighted by atomic mass is 9.84. The molecule has 1 fully saturated rings. The number of hydrogen-bond donors (Lipinski definition) is 3. The molecule has 2 aliphatic rings. The van der Waals surface area contributed by atoms with E-state index in [2.05, 4.69) is 10.6 Å². The first-order valence-corrected chi connectivity index (χ1v) is 11.5. The van der Waals surface area contributed by atoms with E-state index in [4.69, 9.17) is 9.47 Å². The fourth-order valence-electron chi connectivity index (χ4n) is 4.61. The molecule has 2 aromatic carbocycles. The Morgan fingerprint density at radius 3 is 2.69 bits per heavy atom. The largest absolute Gasteiger partial charge is 0.487 e. The third kappa shape index (κ3) is 5.95. The number of carbonyl (C=O) groups excluding carboxylic acids is 2. The summed E-state index contributed by atoms with van der Waals surface area (Å²) in [6, 6.07) is 8.47. The predicted octanol–water partition coefficient (Wildman–Crippen LogP) is 2.17. The van der Waals surface area contributed by atoms with E-state index in [0.29, 0.717) is 17.9 Å². The number of rotatable bonds is 8. The average Bonchev–Trinajstić information content (AvgIpc) is 3.16. The lowest BCUT2D eigenvalue weighted by Crippen LogP contribution is -2.47. The summed E-state index contributed by atoms with van der Waals surface area (Å²) in [7, 11) is 3.62. The summed E-state index contributed by atoms with van der Waals surface area (Å²) < 4.78 is 39.2. The van der Waals surface area contributed by atoms with Crippen molar-refractivity contribution in [1.29, 1.82) is 0 Å². The number of hydrogen-bond acceptors (Lipinski definition) is 6. The maximum absolute atomic E-state index is 13.8. The monoisotopic (exact) mass is 489 g/mol. The van der Waals surface area contributed by atoms with Gasteiger partial charge in [-0.15, -0.1) is 0 Å². The lowest BCUT2D eigenvalue weighted by molar-refractivity contribution is -0.142. The van der Waals surface area contributed by atoms with Crippen LogP contribution < -0.4 is 15.4 Å². The quantitative estimate of drug-likeness (QED) is 0.526. The van der Waals surface area contributed by atoms with Crippen molar-refractivity contribution in [3.8, 4) is 5.75 Å². The van der Waals surface area contributed by atoms with Crippen LogP contribution in [0.25, 0.3) is 0 Å². The van der Waals surface area contributed by atoms with Gasteiger partial charge in [-0.3, -0.25) is 9.59 Å². The highest BCUT2D eigenvalue weighted by Gasteiger charge is 2.46. The second-order valence-corrected chi connectivity index (χ2v) is 9.16. The van der Waals surface area contributed by atoms with E-state index < -0.39 is 29.9 Å². The van der Waals surface area contributed by atoms with E-state index in [1.54, 1.807) is 17.0 Å². The summed E-state index contributed by atoms with van der Waals surface area (Å²) in [6.45, 7) is -0.183. The van der Waals surface area contributed by atoms with E-state index in [0.717, 1.165) is 23.8 Å². The van der Waals surface area contributed by atoms with Gasteiger partial charge < -0.3 is 30.1 Å². The van der Waals surface area contributed by atoms with Gasteiger partial charge >= 0.3 is 0 Å². The normalized spacial score (nSPS) is 22.8. The van der Waals surface area contributed by atoms with Crippen molar-refractivity contribution < 1.29 is 33.0 Å². The highest BCUT2D eigenvalue weighted by atomic mass is 19.1. The van der Waals surface area contributed by atoms with Gasteiger partial charge in [0.2, 0.25) is 11.8 Å². The number of aliphatic hydroxyl groups is 1. The molecule has 188 valence electrons. The number of likely N-dealkylation sites (N-methyl/N-ethyl adjacent to an activating group) is 1. The van der Waals surface area contributed by atoms with Crippen LogP contribution in [0.4, 0.5) is 14.5 Å². The molecule has 2 aliphatic heterocycles. The number of aliphatic hydroxyl groups excluding tert-OH is 1. The van der Waals surface area contributed by atoms with Crippen LogP contribution >= 0.6 is 0 Å². The van der Waals surface area contributed by atoms with Gasteiger partial charge in [0, 0.05) is 29.3 Å². The second kappa shape index (κ2) is 10.7. The van der Waals surface area contributed by atoms with Crippen molar-refractivity contribution in [1.82, 2.24) is 10.2 Å². The average molecular weight is 490 g/mol. The van der Waals surface area contributed by atoms with Crippen LogP contribution in [0.1, 0.15) is 29.9 Å². The number of nitrogens with zero attached hydrogens (tertiary/aromatic N) is 1. The minimum absolute atomic E-state index is 0.00868. The van der Waals surface area contributed by atoms with E-state index in [9.17, 15) is 23.5 Å². The van der Waals surface area contributed by atoms with Crippen molar-refractivity contribution >= 4 is 17.5 Å². The number of halogens is 2. The SMILES string of the molecule is CN(C)CC(=O)Nc1ccc2c(c1)[C@H]1C[C@H](CC(=O)NCc3cc(F)ccc3F)O[C@H](CO)[C@H]1O2. The molecule has 4 rings (SSSR count). The standard InChI is InChI=1S/C25H29F2N3O5/c1-30(2)12-24(33)29-16-4-6-21-18(8-16)19-9-17(34-22(13-31)25(19)35-21)10-23(32)28-11-14-7-15(26)3-5-20(14)27/h3-8,17,19,22,25,31H,9-13H2,1-2H3,(H,28,32)(H,29,33)/t17-,19-,22-,25+/m1/s1. The Morgan fingerprint density at radius 1 is 1.14 bits per heavy atom. The van der Waals surface area contributed by atoms with Gasteiger partial charge in [-0.25, -0.2) is 8.78 Å². The van der Waals surface area contributed by atoms with Gasteiger partial charge in [-0.1, -0.05) is 0 Å². The zero-order valence-electron chi connectivity index (χ0n) is 19.6. The fourth-order valence-corrected chi connectivity index (χ4v) is 4.61. The first kappa shape index (κ1) is 25.0. The van der Waals surface area contributed by atoms with Crippen LogP contribution in [0.2, 0.25) is 0 Å². The Morgan fingerprint density at radius 2 is 1.94 bits per heavy atom. The van der Waals surface area contributed by atoms with Gasteiger partial charge in [-0.2, -0.15) is 0 Å². The molecular weight excluding hydrogens is 460 g/mol. The lowest BCUT2D eigenvalue weighted by Gasteiger charge is -2.37. The van der Waals surface area contributed by atoms with E-state index in [-0.39, 0.29) is 49.4 Å². The highest BCUT2D eigenvalue weighted by molar-refractivity contribution is 5.92. The van der Waals surface area contributed by atoms with Crippen LogP contribution in [0.15, 0.2) is 36.4 Å². The minimum atomic E-state index is -0.633. The molecular formula is C25H29F2N3O5. The Labute approximate surface area is 202 Å². The molecule has 0 aliphatic carbocycles.